The average Bonchev–Trinajstić information content (AvgIpc) is 3.07. The van der Waals surface area contributed by atoms with Crippen LogP contribution in [0.5, 0.6) is 0 Å². The van der Waals surface area contributed by atoms with Crippen molar-refractivity contribution in [1.82, 2.24) is 9.38 Å². The maximum atomic E-state index is 12.6. The number of imidazole rings is 1. The quantitative estimate of drug-likeness (QED) is 0.535. The monoisotopic (exact) mass is 397 g/mol. The van der Waals surface area contributed by atoms with Crippen molar-refractivity contribution in [1.29, 1.82) is 0 Å². The van der Waals surface area contributed by atoms with Crippen LogP contribution in [0.1, 0.15) is 5.56 Å². The Kier molecular flexibility index (Phi) is 4.59. The van der Waals surface area contributed by atoms with E-state index in [1.165, 1.54) is 0 Å². The number of hydrogen-bond acceptors (Lipinski definition) is 3. The number of aromatic nitrogens is 2. The van der Waals surface area contributed by atoms with E-state index in [9.17, 15) is 8.42 Å². The lowest BCUT2D eigenvalue weighted by molar-refractivity contribution is 0.600. The lowest BCUT2D eigenvalue weighted by atomic mass is 10.1. The SMILES string of the molecule is O=S(=O)(Cc1ccc(Cl)cc1)Nc1ccccc1-c1cn2ccccc2n1. The highest BCUT2D eigenvalue weighted by molar-refractivity contribution is 7.91. The van der Waals surface area contributed by atoms with Gasteiger partial charge in [-0.05, 0) is 35.9 Å². The van der Waals surface area contributed by atoms with E-state index < -0.39 is 10.0 Å². The minimum atomic E-state index is -3.59. The first-order valence-electron chi connectivity index (χ1n) is 8.28. The highest BCUT2D eigenvalue weighted by Crippen LogP contribution is 2.28. The third kappa shape index (κ3) is 3.97. The topological polar surface area (TPSA) is 63.5 Å². The van der Waals surface area contributed by atoms with Crippen LogP contribution in [0.2, 0.25) is 5.02 Å². The summed E-state index contributed by atoms with van der Waals surface area (Å²) in [5.41, 5.74) is 3.38. The fraction of sp³-hybridized carbons (Fsp3) is 0.0500. The molecule has 2 heterocycles. The maximum absolute atomic E-state index is 12.6. The number of rotatable bonds is 5. The summed E-state index contributed by atoms with van der Waals surface area (Å²) >= 11 is 5.86. The summed E-state index contributed by atoms with van der Waals surface area (Å²) in [6, 6.07) is 19.7. The molecule has 1 N–H and O–H groups in total. The molecule has 0 radical (unpaired) electrons. The summed E-state index contributed by atoms with van der Waals surface area (Å²) < 4.78 is 29.9. The first-order valence-corrected chi connectivity index (χ1v) is 10.3. The number of para-hydroxylation sites is 1. The van der Waals surface area contributed by atoms with Crippen LogP contribution in [0, 0.1) is 0 Å². The molecular weight excluding hydrogens is 382 g/mol. The molecule has 0 bridgehead atoms. The van der Waals surface area contributed by atoms with E-state index in [-0.39, 0.29) is 5.75 Å². The molecule has 4 rings (SSSR count). The van der Waals surface area contributed by atoms with Crippen LogP contribution in [-0.2, 0) is 15.8 Å². The van der Waals surface area contributed by atoms with Gasteiger partial charge in [-0.3, -0.25) is 4.72 Å². The highest BCUT2D eigenvalue weighted by atomic mass is 35.5. The third-order valence-corrected chi connectivity index (χ3v) is 5.60. The number of anilines is 1. The van der Waals surface area contributed by atoms with Crippen molar-refractivity contribution in [2.75, 3.05) is 4.72 Å². The number of benzene rings is 2. The molecule has 0 atom stereocenters. The zero-order chi connectivity index (χ0) is 18.9. The van der Waals surface area contributed by atoms with Gasteiger partial charge in [0.1, 0.15) is 5.65 Å². The Morgan fingerprint density at radius 3 is 2.48 bits per heavy atom. The van der Waals surface area contributed by atoms with Crippen molar-refractivity contribution in [3.63, 3.8) is 0 Å². The van der Waals surface area contributed by atoms with E-state index in [0.717, 1.165) is 11.2 Å². The van der Waals surface area contributed by atoms with E-state index in [1.807, 2.05) is 47.1 Å². The molecule has 0 aliphatic heterocycles. The molecular formula is C20H16ClN3O2S. The molecule has 0 unspecified atom stereocenters. The fourth-order valence-electron chi connectivity index (χ4n) is 2.86. The molecule has 0 aliphatic rings. The summed E-state index contributed by atoms with van der Waals surface area (Å²) in [4.78, 5) is 4.58. The van der Waals surface area contributed by atoms with Gasteiger partial charge in [0.15, 0.2) is 0 Å². The minimum absolute atomic E-state index is 0.135. The van der Waals surface area contributed by atoms with Gasteiger partial charge in [0.25, 0.3) is 0 Å². The molecule has 4 aromatic rings. The highest BCUT2D eigenvalue weighted by Gasteiger charge is 2.16. The summed E-state index contributed by atoms with van der Waals surface area (Å²) in [7, 11) is -3.59. The largest absolute Gasteiger partial charge is 0.306 e. The number of nitrogens with one attached hydrogen (secondary N) is 1. The van der Waals surface area contributed by atoms with Crippen molar-refractivity contribution < 1.29 is 8.42 Å². The maximum Gasteiger partial charge on any atom is 0.236 e. The molecule has 2 aromatic carbocycles. The standard InChI is InChI=1S/C20H16ClN3O2S/c21-16-10-8-15(9-11-16)14-27(25,26)23-18-6-2-1-5-17(18)19-13-24-12-4-3-7-20(24)22-19/h1-13,23H,14H2. The number of sulfonamides is 1. The van der Waals surface area contributed by atoms with E-state index in [4.69, 9.17) is 11.6 Å². The fourth-order valence-corrected chi connectivity index (χ4v) is 4.21. The second-order valence-electron chi connectivity index (χ2n) is 6.13. The zero-order valence-corrected chi connectivity index (χ0v) is 15.8. The van der Waals surface area contributed by atoms with Crippen LogP contribution in [0.25, 0.3) is 16.9 Å². The van der Waals surface area contributed by atoms with Gasteiger partial charge in [-0.2, -0.15) is 0 Å². The van der Waals surface area contributed by atoms with Crippen LogP contribution < -0.4 is 4.72 Å². The number of halogens is 1. The predicted octanol–water partition coefficient (Wildman–Crippen LogP) is 4.60. The molecule has 0 saturated carbocycles. The molecule has 0 amide bonds. The zero-order valence-electron chi connectivity index (χ0n) is 14.2. The Morgan fingerprint density at radius 1 is 0.963 bits per heavy atom. The molecule has 7 heteroatoms. The van der Waals surface area contributed by atoms with E-state index in [0.29, 0.717) is 22.0 Å². The summed E-state index contributed by atoms with van der Waals surface area (Å²) in [5.74, 6) is -0.135. The molecule has 136 valence electrons. The van der Waals surface area contributed by atoms with Gasteiger partial charge < -0.3 is 4.40 Å². The lowest BCUT2D eigenvalue weighted by Crippen LogP contribution is -2.15. The van der Waals surface area contributed by atoms with Gasteiger partial charge in [0, 0.05) is 23.0 Å². The van der Waals surface area contributed by atoms with Gasteiger partial charge in [-0.1, -0.05) is 48.0 Å². The van der Waals surface area contributed by atoms with Crippen molar-refractivity contribution in [2.24, 2.45) is 0 Å². The van der Waals surface area contributed by atoms with Crippen molar-refractivity contribution in [3.05, 3.63) is 89.7 Å². The number of hydrogen-bond donors (Lipinski definition) is 1. The van der Waals surface area contributed by atoms with Crippen LogP contribution in [0.15, 0.2) is 79.1 Å². The Morgan fingerprint density at radius 2 is 1.70 bits per heavy atom. The summed E-state index contributed by atoms with van der Waals surface area (Å²) in [5, 5.41) is 0.571. The number of nitrogens with zero attached hydrogens (tertiary/aromatic N) is 2. The molecule has 27 heavy (non-hydrogen) atoms. The summed E-state index contributed by atoms with van der Waals surface area (Å²) in [6.07, 6.45) is 3.78. The summed E-state index contributed by atoms with van der Waals surface area (Å²) in [6.45, 7) is 0. The van der Waals surface area contributed by atoms with Gasteiger partial charge in [0.2, 0.25) is 10.0 Å². The minimum Gasteiger partial charge on any atom is -0.306 e. The Bertz CT molecular complexity index is 1170. The van der Waals surface area contributed by atoms with Gasteiger partial charge in [0.05, 0.1) is 17.1 Å². The molecule has 0 fully saturated rings. The molecule has 0 spiro atoms. The van der Waals surface area contributed by atoms with Crippen molar-refractivity contribution >= 4 is 33.0 Å². The average molecular weight is 398 g/mol. The van der Waals surface area contributed by atoms with Crippen LogP contribution in [0.4, 0.5) is 5.69 Å². The first kappa shape index (κ1) is 17.6. The van der Waals surface area contributed by atoms with Gasteiger partial charge in [-0.15, -0.1) is 0 Å². The second-order valence-corrected chi connectivity index (χ2v) is 8.28. The van der Waals surface area contributed by atoms with E-state index >= 15 is 0 Å². The smallest absolute Gasteiger partial charge is 0.236 e. The Hall–Kier alpha value is -2.83. The van der Waals surface area contributed by atoms with Crippen LogP contribution >= 0.6 is 11.6 Å². The predicted molar refractivity (Wildman–Crippen MR) is 108 cm³/mol. The lowest BCUT2D eigenvalue weighted by Gasteiger charge is -2.11. The van der Waals surface area contributed by atoms with E-state index in [2.05, 4.69) is 9.71 Å². The van der Waals surface area contributed by atoms with E-state index in [1.54, 1.807) is 36.4 Å². The number of fused-ring (bicyclic) bond motifs is 1. The second kappa shape index (κ2) is 7.06. The molecule has 2 aromatic heterocycles. The van der Waals surface area contributed by atoms with Crippen molar-refractivity contribution in [3.8, 4) is 11.3 Å². The van der Waals surface area contributed by atoms with Crippen LogP contribution in [0.3, 0.4) is 0 Å². The Labute approximate surface area is 162 Å². The first-order chi connectivity index (χ1) is 13.0. The van der Waals surface area contributed by atoms with Gasteiger partial charge in [-0.25, -0.2) is 13.4 Å². The molecule has 0 saturated heterocycles. The third-order valence-electron chi connectivity index (χ3n) is 4.10. The van der Waals surface area contributed by atoms with Gasteiger partial charge >= 0.3 is 0 Å². The number of pyridine rings is 1. The Balaban J connectivity index is 1.65. The molecule has 0 aliphatic carbocycles. The normalized spacial score (nSPS) is 11.6. The van der Waals surface area contributed by atoms with Crippen molar-refractivity contribution in [2.45, 2.75) is 5.75 Å². The van der Waals surface area contributed by atoms with Crippen LogP contribution in [-0.4, -0.2) is 17.8 Å². The molecule has 5 nitrogen and oxygen atoms in total.